The van der Waals surface area contributed by atoms with Crippen molar-refractivity contribution in [2.45, 2.75) is 0 Å². The fraction of sp³-hybridized carbons (Fsp3) is 0. The molecule has 0 aromatic carbocycles. The van der Waals surface area contributed by atoms with E-state index in [0.717, 1.165) is 0 Å². The molecule has 0 aliphatic carbocycles. The van der Waals surface area contributed by atoms with Gasteiger partial charge in [0.2, 0.25) is 0 Å². The minimum atomic E-state index is 0. The van der Waals surface area contributed by atoms with Gasteiger partial charge in [0.05, 0.1) is 0 Å². The van der Waals surface area contributed by atoms with Crippen molar-refractivity contribution in [3.8, 4) is 0 Å². The third-order valence-electron chi connectivity index (χ3n) is 0. The molecule has 5 heavy (non-hydrogen) atoms. The first-order chi connectivity index (χ1) is 0. The summed E-state index contributed by atoms with van der Waals surface area (Å²) in [5.41, 5.74) is 0. The molecule has 0 spiro atoms. The van der Waals surface area contributed by atoms with Gasteiger partial charge in [0.1, 0.15) is 0 Å². The van der Waals surface area contributed by atoms with E-state index < -0.39 is 0 Å². The fourth-order valence-electron chi connectivity index (χ4n) is 0. The van der Waals surface area contributed by atoms with Crippen molar-refractivity contribution in [2.75, 3.05) is 0 Å². The number of hydrogen-bond donors (Lipinski definition) is 0. The Bertz CT molecular complexity index is 6.85. The van der Waals surface area contributed by atoms with Crippen LogP contribution in [0.25, 0.3) is 0 Å². The molecule has 0 saturated carbocycles. The SMILES string of the molecule is [Al+3].[Mg+2].[OH-].[OH-].[OH-]. The van der Waals surface area contributed by atoms with Gasteiger partial charge in [0.25, 0.3) is 0 Å². The average Bonchev–Trinajstić information content (AvgIpc) is 0. The summed E-state index contributed by atoms with van der Waals surface area (Å²) in [5.74, 6) is 0. The zero-order valence-corrected chi connectivity index (χ0v) is 5.20. The molecule has 5 heteroatoms. The minimum absolute atomic E-state index is 0. The van der Waals surface area contributed by atoms with Gasteiger partial charge in [0, 0.05) is 0 Å². The van der Waals surface area contributed by atoms with E-state index in [2.05, 4.69) is 0 Å². The second-order valence-corrected chi connectivity index (χ2v) is 0. The molecule has 0 aliphatic heterocycles. The van der Waals surface area contributed by atoms with Crippen molar-refractivity contribution in [1.29, 1.82) is 0 Å². The molecule has 24 valence electrons. The van der Waals surface area contributed by atoms with Gasteiger partial charge in [-0.1, -0.05) is 0 Å². The summed E-state index contributed by atoms with van der Waals surface area (Å²) in [5, 5.41) is 0. The Hall–Kier alpha value is 1.18. The van der Waals surface area contributed by atoms with E-state index in [4.69, 9.17) is 0 Å². The molecular weight excluding hydrogens is 99.3 g/mol. The molecule has 0 bridgehead atoms. The van der Waals surface area contributed by atoms with Gasteiger partial charge < -0.3 is 16.4 Å². The summed E-state index contributed by atoms with van der Waals surface area (Å²) in [6.07, 6.45) is 0. The van der Waals surface area contributed by atoms with Gasteiger partial charge in [0.15, 0.2) is 0 Å². The molecule has 0 unspecified atom stereocenters. The largest absolute Gasteiger partial charge is 3.00 e. The van der Waals surface area contributed by atoms with Crippen LogP contribution >= 0.6 is 0 Å². The molecule has 0 aliphatic rings. The van der Waals surface area contributed by atoms with Gasteiger partial charge in [-0.2, -0.15) is 0 Å². The summed E-state index contributed by atoms with van der Waals surface area (Å²) in [6.45, 7) is 0. The third kappa shape index (κ3) is 37.7. The van der Waals surface area contributed by atoms with Crippen LogP contribution in [-0.4, -0.2) is 56.8 Å². The van der Waals surface area contributed by atoms with E-state index in [-0.39, 0.29) is 56.8 Å². The first-order valence-electron chi connectivity index (χ1n) is 0. The predicted molar refractivity (Wildman–Crippen MR) is 17.3 cm³/mol. The Kier molecular flexibility index (Phi) is 1550. The molecule has 0 radical (unpaired) electrons. The van der Waals surface area contributed by atoms with Crippen LogP contribution in [0.4, 0.5) is 0 Å². The molecule has 0 aromatic rings. The van der Waals surface area contributed by atoms with E-state index in [1.54, 1.807) is 0 Å². The predicted octanol–water partition coefficient (Wildman–Crippen LogP) is -1.29. The quantitative estimate of drug-likeness (QED) is 0.356. The molecule has 0 fully saturated rings. The van der Waals surface area contributed by atoms with Gasteiger partial charge in [-0.15, -0.1) is 0 Å². The van der Waals surface area contributed by atoms with Crippen molar-refractivity contribution in [1.82, 2.24) is 0 Å². The van der Waals surface area contributed by atoms with Crippen LogP contribution in [0.15, 0.2) is 0 Å². The van der Waals surface area contributed by atoms with Gasteiger partial charge in [-0.05, 0) is 0 Å². The van der Waals surface area contributed by atoms with Crippen LogP contribution in [-0.2, 0) is 0 Å². The van der Waals surface area contributed by atoms with E-state index in [1.165, 1.54) is 0 Å². The van der Waals surface area contributed by atoms with Crippen molar-refractivity contribution in [3.05, 3.63) is 0 Å². The molecule has 0 saturated heterocycles. The van der Waals surface area contributed by atoms with Crippen LogP contribution in [0, 0.1) is 0 Å². The Morgan fingerprint density at radius 2 is 0.600 bits per heavy atom. The summed E-state index contributed by atoms with van der Waals surface area (Å²) < 4.78 is 0. The molecule has 0 heterocycles. The van der Waals surface area contributed by atoms with Crippen molar-refractivity contribution < 1.29 is 16.4 Å². The number of rotatable bonds is 0. The second kappa shape index (κ2) is 65.1. The minimum Gasteiger partial charge on any atom is -0.870 e. The molecule has 3 nitrogen and oxygen atoms in total. The van der Waals surface area contributed by atoms with Gasteiger partial charge in [-0.25, -0.2) is 0 Å². The summed E-state index contributed by atoms with van der Waals surface area (Å²) >= 11 is 0. The van der Waals surface area contributed by atoms with E-state index in [0.29, 0.717) is 0 Å². The molecule has 3 N–H and O–H groups in total. The van der Waals surface area contributed by atoms with Gasteiger partial charge in [-0.3, -0.25) is 0 Å². The van der Waals surface area contributed by atoms with Gasteiger partial charge >= 0.3 is 40.4 Å². The Labute approximate surface area is 57.0 Å². The molecule has 0 aromatic heterocycles. The fourth-order valence-corrected chi connectivity index (χ4v) is 0. The Balaban J connectivity index is 0. The van der Waals surface area contributed by atoms with Crippen LogP contribution in [0.5, 0.6) is 0 Å². The van der Waals surface area contributed by atoms with E-state index >= 15 is 0 Å². The normalized spacial score (nSPS) is 0. The smallest absolute Gasteiger partial charge is 0.870 e. The molecule has 0 atom stereocenters. The van der Waals surface area contributed by atoms with Crippen LogP contribution < -0.4 is 0 Å². The van der Waals surface area contributed by atoms with Crippen LogP contribution in [0.1, 0.15) is 0 Å². The molecular formula is H3AlMgO3+2. The standard InChI is InChI=1S/Al.Mg.3H2O/h;;3*1H2/q+3;+2;;;/p-3. The molecule has 0 amide bonds. The third-order valence-corrected chi connectivity index (χ3v) is 0. The summed E-state index contributed by atoms with van der Waals surface area (Å²) in [7, 11) is 0. The maximum absolute atomic E-state index is 0. The van der Waals surface area contributed by atoms with Crippen molar-refractivity contribution in [2.24, 2.45) is 0 Å². The first kappa shape index (κ1) is 119. The number of hydrogen-bond acceptors (Lipinski definition) is 3. The Morgan fingerprint density at radius 3 is 0.600 bits per heavy atom. The van der Waals surface area contributed by atoms with Crippen molar-refractivity contribution in [3.63, 3.8) is 0 Å². The first-order valence-corrected chi connectivity index (χ1v) is 0. The van der Waals surface area contributed by atoms with E-state index in [9.17, 15) is 0 Å². The van der Waals surface area contributed by atoms with Crippen LogP contribution in [0.2, 0.25) is 0 Å². The topological polar surface area (TPSA) is 90.0 Å². The Morgan fingerprint density at radius 1 is 0.600 bits per heavy atom. The summed E-state index contributed by atoms with van der Waals surface area (Å²) in [4.78, 5) is 0. The maximum atomic E-state index is 0. The van der Waals surface area contributed by atoms with Crippen LogP contribution in [0.3, 0.4) is 0 Å². The zero-order valence-electron chi connectivity index (χ0n) is 2.63. The average molecular weight is 102 g/mol. The monoisotopic (exact) mass is 102 g/mol. The molecule has 0 rings (SSSR count). The zero-order chi connectivity index (χ0) is 0. The van der Waals surface area contributed by atoms with Crippen molar-refractivity contribution >= 4 is 40.4 Å². The second-order valence-electron chi connectivity index (χ2n) is 0. The maximum Gasteiger partial charge on any atom is 3.00 e. The summed E-state index contributed by atoms with van der Waals surface area (Å²) in [6, 6.07) is 0. The van der Waals surface area contributed by atoms with E-state index in [1.807, 2.05) is 0 Å².